The monoisotopic (exact) mass is 269 g/mol. The molecule has 1 unspecified atom stereocenters. The summed E-state index contributed by atoms with van der Waals surface area (Å²) >= 11 is 0. The average Bonchev–Trinajstić information content (AvgIpc) is 2.46. The highest BCUT2D eigenvalue weighted by Crippen LogP contribution is 2.19. The van der Waals surface area contributed by atoms with Crippen molar-refractivity contribution in [2.45, 2.75) is 39.7 Å². The lowest BCUT2D eigenvalue weighted by atomic mass is 9.98. The number of nitrogen functional groups attached to an aromatic ring is 1. The number of aromatic nitrogens is 1. The zero-order valence-electron chi connectivity index (χ0n) is 12.5. The van der Waals surface area contributed by atoms with E-state index in [1.165, 1.54) is 17.5 Å². The maximum Gasteiger partial charge on any atom is 0.129 e. The summed E-state index contributed by atoms with van der Waals surface area (Å²) in [6.45, 7) is 7.26. The molecule has 0 aliphatic heterocycles. The van der Waals surface area contributed by atoms with Crippen molar-refractivity contribution < 1.29 is 0 Å². The Morgan fingerprint density at radius 1 is 1.25 bits per heavy atom. The highest BCUT2D eigenvalue weighted by atomic mass is 15.0. The van der Waals surface area contributed by atoms with Crippen LogP contribution in [0.1, 0.15) is 42.9 Å². The topological polar surface area (TPSA) is 50.9 Å². The van der Waals surface area contributed by atoms with Crippen molar-refractivity contribution in [3.05, 3.63) is 53.2 Å². The van der Waals surface area contributed by atoms with Gasteiger partial charge in [-0.25, -0.2) is 4.98 Å². The highest BCUT2D eigenvalue weighted by Gasteiger charge is 2.03. The maximum absolute atomic E-state index is 5.70. The molecule has 2 rings (SSSR count). The van der Waals surface area contributed by atoms with E-state index in [0.29, 0.717) is 11.6 Å². The fourth-order valence-electron chi connectivity index (χ4n) is 2.17. The minimum atomic E-state index is 0.623. The van der Waals surface area contributed by atoms with Crippen molar-refractivity contribution >= 4 is 11.5 Å². The number of nitrogens with two attached hydrogens (primary N) is 1. The lowest BCUT2D eigenvalue weighted by molar-refractivity contribution is 0.733. The minimum absolute atomic E-state index is 0.623. The van der Waals surface area contributed by atoms with Crippen LogP contribution in [0, 0.1) is 6.92 Å². The summed E-state index contributed by atoms with van der Waals surface area (Å²) in [4.78, 5) is 4.32. The van der Waals surface area contributed by atoms with Gasteiger partial charge in [-0.2, -0.15) is 0 Å². The lowest BCUT2D eigenvalue weighted by Crippen LogP contribution is -2.04. The quantitative estimate of drug-likeness (QED) is 0.859. The van der Waals surface area contributed by atoms with Gasteiger partial charge in [0.2, 0.25) is 0 Å². The first-order chi connectivity index (χ1) is 9.60. The molecule has 0 saturated carbocycles. The molecule has 1 aromatic heterocycles. The first-order valence-corrected chi connectivity index (χ1v) is 7.15. The Bertz CT molecular complexity index is 561. The Morgan fingerprint density at radius 3 is 2.55 bits per heavy atom. The van der Waals surface area contributed by atoms with Gasteiger partial charge >= 0.3 is 0 Å². The average molecular weight is 269 g/mol. The van der Waals surface area contributed by atoms with Crippen LogP contribution in [0.2, 0.25) is 0 Å². The molecule has 3 heteroatoms. The van der Waals surface area contributed by atoms with E-state index in [-0.39, 0.29) is 0 Å². The molecule has 0 fully saturated rings. The largest absolute Gasteiger partial charge is 0.397 e. The van der Waals surface area contributed by atoms with E-state index >= 15 is 0 Å². The van der Waals surface area contributed by atoms with Gasteiger partial charge in [0, 0.05) is 6.54 Å². The molecule has 0 aliphatic carbocycles. The van der Waals surface area contributed by atoms with Gasteiger partial charge in [0.1, 0.15) is 5.82 Å². The number of hydrogen-bond donors (Lipinski definition) is 2. The summed E-state index contributed by atoms with van der Waals surface area (Å²) in [6, 6.07) is 10.7. The van der Waals surface area contributed by atoms with Gasteiger partial charge in [0.15, 0.2) is 0 Å². The number of pyridine rings is 1. The third kappa shape index (κ3) is 3.50. The predicted molar refractivity (Wildman–Crippen MR) is 85.9 cm³/mol. The summed E-state index contributed by atoms with van der Waals surface area (Å²) < 4.78 is 0. The summed E-state index contributed by atoms with van der Waals surface area (Å²) in [5.41, 5.74) is 10.1. The van der Waals surface area contributed by atoms with Crippen molar-refractivity contribution in [3.8, 4) is 0 Å². The lowest BCUT2D eigenvalue weighted by Gasteiger charge is -2.11. The third-order valence-electron chi connectivity index (χ3n) is 3.72. The Balaban J connectivity index is 2.00. The second-order valence-corrected chi connectivity index (χ2v) is 5.34. The summed E-state index contributed by atoms with van der Waals surface area (Å²) in [5, 5.41) is 3.35. The molecule has 0 aliphatic rings. The molecule has 0 amide bonds. The first-order valence-electron chi connectivity index (χ1n) is 7.15. The fraction of sp³-hybridized carbons (Fsp3) is 0.353. The number of anilines is 2. The predicted octanol–water partition coefficient (Wildman–Crippen LogP) is 4.10. The molecule has 0 radical (unpaired) electrons. The Morgan fingerprint density at radius 2 is 1.95 bits per heavy atom. The van der Waals surface area contributed by atoms with Crippen molar-refractivity contribution in [2.24, 2.45) is 0 Å². The maximum atomic E-state index is 5.70. The van der Waals surface area contributed by atoms with Crippen LogP contribution in [0.4, 0.5) is 11.5 Å². The Hall–Kier alpha value is -2.03. The van der Waals surface area contributed by atoms with E-state index in [1.807, 2.05) is 13.0 Å². The number of nitrogens with one attached hydrogen (secondary N) is 1. The summed E-state index contributed by atoms with van der Waals surface area (Å²) in [5.74, 6) is 1.52. The second kappa shape index (κ2) is 6.42. The van der Waals surface area contributed by atoms with Crippen LogP contribution in [0.25, 0.3) is 0 Å². The minimum Gasteiger partial charge on any atom is -0.397 e. The van der Waals surface area contributed by atoms with Crippen LogP contribution >= 0.6 is 0 Å². The number of benzene rings is 1. The molecule has 20 heavy (non-hydrogen) atoms. The molecule has 1 aromatic carbocycles. The molecule has 0 spiro atoms. The summed E-state index contributed by atoms with van der Waals surface area (Å²) in [6.07, 6.45) is 2.85. The zero-order chi connectivity index (χ0) is 14.5. The molecule has 0 bridgehead atoms. The molecule has 3 nitrogen and oxygen atoms in total. The van der Waals surface area contributed by atoms with Gasteiger partial charge in [0.05, 0.1) is 11.9 Å². The normalized spacial score (nSPS) is 12.2. The number of hydrogen-bond acceptors (Lipinski definition) is 3. The molecule has 1 heterocycles. The molecule has 3 N–H and O–H groups in total. The van der Waals surface area contributed by atoms with Crippen molar-refractivity contribution in [1.29, 1.82) is 0 Å². The first kappa shape index (κ1) is 14.4. The van der Waals surface area contributed by atoms with Gasteiger partial charge in [-0.3, -0.25) is 0 Å². The number of rotatable bonds is 5. The van der Waals surface area contributed by atoms with Crippen LogP contribution in [0.3, 0.4) is 0 Å². The van der Waals surface area contributed by atoms with Crippen molar-refractivity contribution in [1.82, 2.24) is 4.98 Å². The third-order valence-corrected chi connectivity index (χ3v) is 3.72. The molecular formula is C17H23N3. The van der Waals surface area contributed by atoms with Crippen molar-refractivity contribution in [2.75, 3.05) is 11.1 Å². The van der Waals surface area contributed by atoms with E-state index in [0.717, 1.165) is 17.9 Å². The van der Waals surface area contributed by atoms with Gasteiger partial charge in [-0.1, -0.05) is 38.1 Å². The van der Waals surface area contributed by atoms with E-state index in [9.17, 15) is 0 Å². The van der Waals surface area contributed by atoms with Gasteiger partial charge < -0.3 is 11.1 Å². The molecule has 1 atom stereocenters. The van der Waals surface area contributed by atoms with Gasteiger partial charge in [0.25, 0.3) is 0 Å². The number of nitrogens with zero attached hydrogens (tertiary/aromatic N) is 1. The highest BCUT2D eigenvalue weighted by molar-refractivity contribution is 5.51. The molecular weight excluding hydrogens is 246 g/mol. The SMILES string of the molecule is CCC(C)c1ccc(CNc2ncc(N)cc2C)cc1. The number of aryl methyl sites for hydroxylation is 1. The zero-order valence-corrected chi connectivity index (χ0v) is 12.5. The van der Waals surface area contributed by atoms with E-state index < -0.39 is 0 Å². The van der Waals surface area contributed by atoms with Crippen LogP contribution in [-0.4, -0.2) is 4.98 Å². The molecule has 0 saturated heterocycles. The Labute approximate surface area is 121 Å². The smallest absolute Gasteiger partial charge is 0.129 e. The Kier molecular flexibility index (Phi) is 4.61. The van der Waals surface area contributed by atoms with Crippen LogP contribution < -0.4 is 11.1 Å². The van der Waals surface area contributed by atoms with Crippen LogP contribution in [0.5, 0.6) is 0 Å². The standard InChI is InChI=1S/C17H23N3/c1-4-12(2)15-7-5-14(6-8-15)10-19-17-13(3)9-16(18)11-20-17/h5-9,11-12H,4,10,18H2,1-3H3,(H,19,20). The molecule has 2 aromatic rings. The van der Waals surface area contributed by atoms with Crippen LogP contribution in [-0.2, 0) is 6.54 Å². The van der Waals surface area contributed by atoms with E-state index in [1.54, 1.807) is 6.20 Å². The van der Waals surface area contributed by atoms with E-state index in [2.05, 4.69) is 48.4 Å². The van der Waals surface area contributed by atoms with Gasteiger partial charge in [-0.05, 0) is 42.0 Å². The second-order valence-electron chi connectivity index (χ2n) is 5.34. The molecule has 106 valence electrons. The van der Waals surface area contributed by atoms with Crippen LogP contribution in [0.15, 0.2) is 36.5 Å². The van der Waals surface area contributed by atoms with E-state index in [4.69, 9.17) is 5.73 Å². The summed E-state index contributed by atoms with van der Waals surface area (Å²) in [7, 11) is 0. The van der Waals surface area contributed by atoms with Crippen molar-refractivity contribution in [3.63, 3.8) is 0 Å². The fourth-order valence-corrected chi connectivity index (χ4v) is 2.17. The van der Waals surface area contributed by atoms with Gasteiger partial charge in [-0.15, -0.1) is 0 Å².